The number of nitrogens with one attached hydrogen (secondary N) is 1. The quantitative estimate of drug-likeness (QED) is 0.703. The number of carbonyl (C=O) groups is 1. The van der Waals surface area contributed by atoms with Gasteiger partial charge in [-0.2, -0.15) is 0 Å². The Labute approximate surface area is 118 Å². The highest BCUT2D eigenvalue weighted by atomic mass is 16.1. The summed E-state index contributed by atoms with van der Waals surface area (Å²) in [7, 11) is 0. The number of nitrogens with two attached hydrogens (primary N) is 1. The van der Waals surface area contributed by atoms with Crippen molar-refractivity contribution >= 4 is 5.91 Å². The summed E-state index contributed by atoms with van der Waals surface area (Å²) in [5.41, 5.74) is 5.51. The third kappa shape index (κ3) is 6.39. The molecule has 1 amide bonds. The second kappa shape index (κ2) is 8.54. The van der Waals surface area contributed by atoms with Crippen molar-refractivity contribution in [1.29, 1.82) is 0 Å². The molecule has 1 aliphatic rings. The molecule has 0 bridgehead atoms. The molecule has 1 fully saturated rings. The number of hydrogen-bond donors (Lipinski definition) is 2. The summed E-state index contributed by atoms with van der Waals surface area (Å²) in [5, 5.41) is 3.08. The summed E-state index contributed by atoms with van der Waals surface area (Å²) in [4.78, 5) is 14.3. The molecular formula is C15H31N3O. The predicted molar refractivity (Wildman–Crippen MR) is 79.9 cm³/mol. The van der Waals surface area contributed by atoms with Gasteiger partial charge in [-0.1, -0.05) is 6.92 Å². The van der Waals surface area contributed by atoms with Gasteiger partial charge in [-0.3, -0.25) is 4.79 Å². The molecule has 1 saturated heterocycles. The van der Waals surface area contributed by atoms with E-state index in [1.54, 1.807) is 0 Å². The first-order valence-corrected chi connectivity index (χ1v) is 7.73. The summed E-state index contributed by atoms with van der Waals surface area (Å²) in [6.45, 7) is 10.5. The Balaban J connectivity index is 2.10. The molecule has 1 rings (SSSR count). The van der Waals surface area contributed by atoms with Crippen LogP contribution in [0.3, 0.4) is 0 Å². The molecule has 0 aromatic heterocycles. The fraction of sp³-hybridized carbons (Fsp3) is 0.933. The van der Waals surface area contributed by atoms with Crippen LogP contribution in [0, 0.1) is 11.8 Å². The van der Waals surface area contributed by atoms with Crippen LogP contribution >= 0.6 is 0 Å². The first-order valence-electron chi connectivity index (χ1n) is 7.73. The van der Waals surface area contributed by atoms with Gasteiger partial charge in [0.05, 0.1) is 0 Å². The first-order chi connectivity index (χ1) is 9.02. The van der Waals surface area contributed by atoms with Gasteiger partial charge in [0.25, 0.3) is 0 Å². The fourth-order valence-electron chi connectivity index (χ4n) is 2.65. The van der Waals surface area contributed by atoms with Crippen LogP contribution in [-0.4, -0.2) is 43.0 Å². The van der Waals surface area contributed by atoms with Crippen molar-refractivity contribution in [3.8, 4) is 0 Å². The van der Waals surface area contributed by atoms with Gasteiger partial charge in [0, 0.05) is 25.6 Å². The summed E-state index contributed by atoms with van der Waals surface area (Å²) >= 11 is 0. The molecule has 1 heterocycles. The van der Waals surface area contributed by atoms with Gasteiger partial charge in [0.15, 0.2) is 0 Å². The predicted octanol–water partition coefficient (Wildman–Crippen LogP) is 1.60. The standard InChI is InChI=1S/C15H31N3O/c1-12(2)18-9-7-14(11-18)10-17-15(19)5-4-13(3)6-8-16/h12-14H,4-11,16H2,1-3H3,(H,17,19). The summed E-state index contributed by atoms with van der Waals surface area (Å²) in [5.74, 6) is 1.39. The molecule has 0 aromatic carbocycles. The number of likely N-dealkylation sites (tertiary alicyclic amines) is 1. The monoisotopic (exact) mass is 269 g/mol. The number of amides is 1. The Morgan fingerprint density at radius 1 is 1.37 bits per heavy atom. The Bertz CT molecular complexity index is 268. The molecule has 2 atom stereocenters. The van der Waals surface area contributed by atoms with Gasteiger partial charge in [-0.05, 0) is 58.0 Å². The lowest BCUT2D eigenvalue weighted by atomic mass is 10.0. The van der Waals surface area contributed by atoms with Crippen LogP contribution in [0.1, 0.15) is 46.5 Å². The minimum absolute atomic E-state index is 0.201. The van der Waals surface area contributed by atoms with Gasteiger partial charge in [0.1, 0.15) is 0 Å². The van der Waals surface area contributed by atoms with Crippen molar-refractivity contribution in [2.24, 2.45) is 17.6 Å². The summed E-state index contributed by atoms with van der Waals surface area (Å²) in [6, 6.07) is 0.623. The Kier molecular flexibility index (Phi) is 7.39. The number of carbonyl (C=O) groups excluding carboxylic acids is 1. The summed E-state index contributed by atoms with van der Waals surface area (Å²) in [6.07, 6.45) is 3.81. The number of rotatable bonds is 8. The molecule has 112 valence electrons. The van der Waals surface area contributed by atoms with Crippen molar-refractivity contribution < 1.29 is 4.79 Å². The second-order valence-corrected chi connectivity index (χ2v) is 6.27. The molecule has 1 aliphatic heterocycles. The molecule has 0 radical (unpaired) electrons. The van der Waals surface area contributed by atoms with Crippen LogP contribution in [0.4, 0.5) is 0 Å². The highest BCUT2D eigenvalue weighted by Gasteiger charge is 2.24. The highest BCUT2D eigenvalue weighted by Crippen LogP contribution is 2.17. The Morgan fingerprint density at radius 3 is 2.68 bits per heavy atom. The van der Waals surface area contributed by atoms with Crippen molar-refractivity contribution in [3.05, 3.63) is 0 Å². The molecule has 3 N–H and O–H groups in total. The molecular weight excluding hydrogens is 238 g/mol. The van der Waals surface area contributed by atoms with E-state index in [0.29, 0.717) is 24.3 Å². The third-order valence-electron chi connectivity index (χ3n) is 4.16. The van der Waals surface area contributed by atoms with Crippen LogP contribution < -0.4 is 11.1 Å². The molecule has 0 aliphatic carbocycles. The molecule has 0 aromatic rings. The first kappa shape index (κ1) is 16.4. The van der Waals surface area contributed by atoms with E-state index < -0.39 is 0 Å². The maximum Gasteiger partial charge on any atom is 0.220 e. The molecule has 0 saturated carbocycles. The SMILES string of the molecule is CC(CCN)CCC(=O)NCC1CCN(C(C)C)C1. The zero-order valence-electron chi connectivity index (χ0n) is 12.8. The van der Waals surface area contributed by atoms with Crippen molar-refractivity contribution in [2.45, 2.75) is 52.5 Å². The molecule has 0 spiro atoms. The highest BCUT2D eigenvalue weighted by molar-refractivity contribution is 5.75. The van der Waals surface area contributed by atoms with Gasteiger partial charge in [-0.15, -0.1) is 0 Å². The Morgan fingerprint density at radius 2 is 2.11 bits per heavy atom. The van der Waals surface area contributed by atoms with Crippen LogP contribution in [0.5, 0.6) is 0 Å². The van der Waals surface area contributed by atoms with Gasteiger partial charge in [0.2, 0.25) is 5.91 Å². The number of nitrogens with zero attached hydrogens (tertiary/aromatic N) is 1. The zero-order valence-corrected chi connectivity index (χ0v) is 12.8. The van der Waals surface area contributed by atoms with E-state index in [0.717, 1.165) is 32.5 Å². The van der Waals surface area contributed by atoms with Gasteiger partial charge < -0.3 is 16.0 Å². The molecule has 4 nitrogen and oxygen atoms in total. The van der Waals surface area contributed by atoms with Crippen LogP contribution in [0.15, 0.2) is 0 Å². The minimum atomic E-state index is 0.201. The van der Waals surface area contributed by atoms with Crippen molar-refractivity contribution in [3.63, 3.8) is 0 Å². The largest absolute Gasteiger partial charge is 0.356 e. The molecule has 19 heavy (non-hydrogen) atoms. The number of hydrogen-bond acceptors (Lipinski definition) is 3. The molecule has 2 unspecified atom stereocenters. The van der Waals surface area contributed by atoms with E-state index in [1.807, 2.05) is 0 Å². The molecule has 4 heteroatoms. The minimum Gasteiger partial charge on any atom is -0.356 e. The van der Waals surface area contributed by atoms with E-state index in [-0.39, 0.29) is 5.91 Å². The Hall–Kier alpha value is -0.610. The van der Waals surface area contributed by atoms with Gasteiger partial charge >= 0.3 is 0 Å². The van der Waals surface area contributed by atoms with E-state index in [9.17, 15) is 4.79 Å². The van der Waals surface area contributed by atoms with Crippen LogP contribution in [-0.2, 0) is 4.79 Å². The van der Waals surface area contributed by atoms with Crippen molar-refractivity contribution in [2.75, 3.05) is 26.2 Å². The summed E-state index contributed by atoms with van der Waals surface area (Å²) < 4.78 is 0. The van der Waals surface area contributed by atoms with E-state index in [1.165, 1.54) is 13.0 Å². The van der Waals surface area contributed by atoms with E-state index in [2.05, 4.69) is 31.0 Å². The zero-order chi connectivity index (χ0) is 14.3. The third-order valence-corrected chi connectivity index (χ3v) is 4.16. The van der Waals surface area contributed by atoms with Gasteiger partial charge in [-0.25, -0.2) is 0 Å². The van der Waals surface area contributed by atoms with Crippen molar-refractivity contribution in [1.82, 2.24) is 10.2 Å². The lowest BCUT2D eigenvalue weighted by Gasteiger charge is -2.20. The van der Waals surface area contributed by atoms with E-state index >= 15 is 0 Å². The van der Waals surface area contributed by atoms with Crippen LogP contribution in [0.2, 0.25) is 0 Å². The average Bonchev–Trinajstić information content (AvgIpc) is 2.83. The van der Waals surface area contributed by atoms with E-state index in [4.69, 9.17) is 5.73 Å². The normalized spacial score (nSPS) is 21.8. The smallest absolute Gasteiger partial charge is 0.220 e. The topological polar surface area (TPSA) is 58.4 Å². The fourth-order valence-corrected chi connectivity index (χ4v) is 2.65. The van der Waals surface area contributed by atoms with Crippen LogP contribution in [0.25, 0.3) is 0 Å². The second-order valence-electron chi connectivity index (χ2n) is 6.27. The lowest BCUT2D eigenvalue weighted by Crippen LogP contribution is -2.33. The maximum absolute atomic E-state index is 11.8. The maximum atomic E-state index is 11.8. The lowest BCUT2D eigenvalue weighted by molar-refractivity contribution is -0.121. The average molecular weight is 269 g/mol.